The van der Waals surface area contributed by atoms with Crippen molar-refractivity contribution in [3.05, 3.63) is 71.8 Å². The fraction of sp³-hybridized carbons (Fsp3) is 0.569. The average Bonchev–Trinajstić information content (AvgIpc) is 0.847. The van der Waals surface area contributed by atoms with Crippen LogP contribution in [-0.2, 0) is 89.6 Å². The van der Waals surface area contributed by atoms with Crippen LogP contribution in [0.5, 0.6) is 0 Å². The van der Waals surface area contributed by atoms with Gasteiger partial charge in [-0.05, 0) is 68.4 Å². The van der Waals surface area contributed by atoms with Crippen LogP contribution in [-0.4, -0.2) is 281 Å². The molecule has 3 rings (SSSR count). The summed E-state index contributed by atoms with van der Waals surface area (Å²) in [4.78, 5) is 239. The van der Waals surface area contributed by atoms with Gasteiger partial charge in [-0.2, -0.15) is 0 Å². The minimum absolute atomic E-state index is 0.0272. The molecular formula is C72H114N24O20S2. The summed E-state index contributed by atoms with van der Waals surface area (Å²) in [5.74, 6) is -21.8. The first-order valence-corrected chi connectivity index (χ1v) is 40.4. The Balaban J connectivity index is 2.41. The number of benzene rings is 2. The summed E-state index contributed by atoms with van der Waals surface area (Å²) < 4.78 is 0. The zero-order valence-electron chi connectivity index (χ0n) is 66.5. The maximum Gasteiger partial charge on any atom is 0.326 e. The van der Waals surface area contributed by atoms with Crippen LogP contribution in [0.2, 0.25) is 0 Å². The predicted octanol–water partition coefficient (Wildman–Crippen LogP) is -8.60. The van der Waals surface area contributed by atoms with Crippen LogP contribution in [0, 0.1) is 11.8 Å². The fourth-order valence-corrected chi connectivity index (χ4v) is 13.6. The van der Waals surface area contributed by atoms with Gasteiger partial charge in [0.1, 0.15) is 78.5 Å². The van der Waals surface area contributed by atoms with Crippen molar-refractivity contribution in [3.8, 4) is 0 Å². The van der Waals surface area contributed by atoms with Crippen molar-refractivity contribution in [2.45, 2.75) is 184 Å². The zero-order valence-corrected chi connectivity index (χ0v) is 68.2. The molecule has 118 heavy (non-hydrogen) atoms. The second-order valence-corrected chi connectivity index (χ2v) is 30.2. The van der Waals surface area contributed by atoms with E-state index in [2.05, 4.69) is 84.1 Å². The molecule has 44 nitrogen and oxygen atoms in total. The number of nitrogens with two attached hydrogens (primary N) is 7. The number of carboxylic acids is 2. The number of carboxylic acid groups (broad SMARTS) is 2. The van der Waals surface area contributed by atoms with Gasteiger partial charge in [0.15, 0.2) is 17.9 Å². The molecule has 1 aliphatic rings. The quantitative estimate of drug-likeness (QED) is 0.0137. The van der Waals surface area contributed by atoms with Crippen molar-refractivity contribution in [1.82, 2.24) is 74.0 Å². The van der Waals surface area contributed by atoms with Gasteiger partial charge in [-0.3, -0.25) is 86.9 Å². The smallest absolute Gasteiger partial charge is 0.326 e. The van der Waals surface area contributed by atoms with Crippen LogP contribution >= 0.6 is 21.6 Å². The molecule has 0 unspecified atom stereocenters. The maximum absolute atomic E-state index is 15.2. The summed E-state index contributed by atoms with van der Waals surface area (Å²) in [6, 6.07) is -5.43. The van der Waals surface area contributed by atoms with E-state index >= 15 is 9.59 Å². The van der Waals surface area contributed by atoms with Gasteiger partial charge in [0.05, 0.1) is 32.7 Å². The molecule has 15 atom stereocenters. The molecule has 654 valence electrons. The van der Waals surface area contributed by atoms with Crippen molar-refractivity contribution >= 4 is 134 Å². The van der Waals surface area contributed by atoms with Gasteiger partial charge in [0, 0.05) is 51.0 Å². The summed E-state index contributed by atoms with van der Waals surface area (Å²) in [5.41, 5.74) is 39.8. The van der Waals surface area contributed by atoms with Crippen molar-refractivity contribution in [1.29, 1.82) is 0 Å². The fourth-order valence-electron chi connectivity index (χ4n) is 11.3. The second-order valence-electron chi connectivity index (χ2n) is 27.7. The molecular weight excluding hydrogens is 1590 g/mol. The van der Waals surface area contributed by atoms with E-state index < -0.39 is 229 Å². The summed E-state index contributed by atoms with van der Waals surface area (Å²) in [6.45, 7) is 3.67. The largest absolute Gasteiger partial charge is 0.481 e. The van der Waals surface area contributed by atoms with Gasteiger partial charge in [-0.25, -0.2) is 4.79 Å². The Morgan fingerprint density at radius 1 is 0.542 bits per heavy atom. The molecule has 0 bridgehead atoms. The predicted molar refractivity (Wildman–Crippen MR) is 435 cm³/mol. The summed E-state index contributed by atoms with van der Waals surface area (Å²) in [5, 5.41) is 72.4. The number of hydrogen-bond acceptors (Lipinski definition) is 24. The van der Waals surface area contributed by atoms with Crippen LogP contribution < -0.4 is 109 Å². The van der Waals surface area contributed by atoms with Crippen molar-refractivity contribution in [2.75, 3.05) is 64.5 Å². The molecule has 2 aromatic rings. The van der Waals surface area contributed by atoms with E-state index in [1.54, 1.807) is 74.5 Å². The van der Waals surface area contributed by atoms with Gasteiger partial charge in [-0.15, -0.1) is 0 Å². The van der Waals surface area contributed by atoms with Crippen LogP contribution in [0.1, 0.15) is 104 Å². The number of aliphatic hydroxyl groups excluding tert-OH is 2. The molecule has 31 N–H and O–H groups in total. The monoisotopic (exact) mass is 1700 g/mol. The Hall–Kier alpha value is -11.6. The standard InChI is InChI=1S/C72H114N24O20S2/c1-7-37(3)55-66(112)90-47(30-54(101)102)61(107)87-44(23-16-26-81-71(76)77)59(105)95-56(38(4)8-2)67(113)93-50(64(110)89-46(28-40-18-11-9-12-19-40)60(106)88-45(69(115)116)24-17-27-82-72(78)79)36-118-117-35-49(92-62(108)48(34-98)91-57(103)42(73)33-97)63(109)85-39(5)68(114)96(6)51(29-41-20-13-10-14-21-41)65(111)84-31-52(99)83-32-53(100)86-43(58(104)94-55)22-15-25-80-70(74)75/h9-14,18-21,37-39,42-51,55-56,97-98H,7-8,15-17,22-36,73H2,1-6H3,(H,83,99)(H,84,111)(H,85,109)(H,86,100)(H,87,107)(H,88,106)(H,89,110)(H,90,112)(H,91,103)(H,92,108)(H,93,113)(H,94,104)(H,95,105)(H,101,102)(H,115,116)(H4,74,75,80)(H4,76,77,81)(H4,78,79,82)/t37-,38-,39-,42-,43+,44-,45+,46+,47+,48-,49+,50+,51+,55-,56+/m0/s1. The number of carbonyl (C=O) groups is 16. The lowest BCUT2D eigenvalue weighted by Crippen LogP contribution is -2.62. The van der Waals surface area contributed by atoms with Crippen molar-refractivity contribution in [2.24, 2.45) is 66.9 Å². The van der Waals surface area contributed by atoms with Crippen LogP contribution in [0.3, 0.4) is 0 Å². The van der Waals surface area contributed by atoms with Crippen molar-refractivity contribution < 1.29 is 97.1 Å². The number of hydrogen-bond donors (Lipinski definition) is 24. The number of guanidine groups is 3. The summed E-state index contributed by atoms with van der Waals surface area (Å²) in [7, 11) is 2.71. The van der Waals surface area contributed by atoms with E-state index in [1.165, 1.54) is 27.8 Å². The highest BCUT2D eigenvalue weighted by Crippen LogP contribution is 2.25. The second kappa shape index (κ2) is 52.8. The van der Waals surface area contributed by atoms with Gasteiger partial charge in [0.25, 0.3) is 0 Å². The lowest BCUT2D eigenvalue weighted by Gasteiger charge is -2.30. The van der Waals surface area contributed by atoms with E-state index in [4.69, 9.17) is 40.1 Å². The lowest BCUT2D eigenvalue weighted by molar-refractivity contribution is -0.142. The Labute approximate surface area is 689 Å². The topological polar surface area (TPSA) is 733 Å². The maximum atomic E-state index is 15.2. The number of rotatable bonds is 33. The van der Waals surface area contributed by atoms with E-state index in [0.29, 0.717) is 11.1 Å². The molecule has 1 fully saturated rings. The van der Waals surface area contributed by atoms with Gasteiger partial charge >= 0.3 is 11.9 Å². The highest BCUT2D eigenvalue weighted by atomic mass is 33.1. The number of likely N-dealkylation sites (N-methyl/N-ethyl adjacent to an activating group) is 1. The number of amides is 14. The molecule has 0 aliphatic carbocycles. The Kier molecular flexibility index (Phi) is 45.0. The first-order chi connectivity index (χ1) is 55.8. The molecule has 0 spiro atoms. The number of aliphatic imine (C=N–C) groups is 3. The van der Waals surface area contributed by atoms with Crippen LogP contribution in [0.15, 0.2) is 75.6 Å². The number of aliphatic carboxylic acids is 2. The minimum atomic E-state index is -2.02. The highest BCUT2D eigenvalue weighted by Gasteiger charge is 2.40. The minimum Gasteiger partial charge on any atom is -0.481 e. The van der Waals surface area contributed by atoms with E-state index in [9.17, 15) is 87.5 Å². The van der Waals surface area contributed by atoms with Gasteiger partial charge in [-0.1, -0.05) is 123 Å². The SMILES string of the molecule is CC[C@H](C)[C@@H]1NC(=O)[C@@H](CCCN=C(N)N)NC(=O)CNC(=O)CNC(=O)[C@@H](Cc2ccccc2)N(C)C(=O)[C@H](C)NC(=O)[C@H](NC(=O)[C@H](CO)NC(=O)[C@@H](N)CO)CSSC[C@H](C(=O)N[C@H](Cc2ccccc2)C(=O)N[C@H](CCCN=C(N)N)C(=O)O)NC(=O)[C@@H]([C@@H](C)CC)NC(=O)[C@H](CCCN=C(N)N)NC(=O)[C@@H](CC(=O)O)NC1=O. The lowest BCUT2D eigenvalue weighted by atomic mass is 9.96. The van der Waals surface area contributed by atoms with E-state index in [-0.39, 0.29) is 102 Å². The average molecular weight is 1700 g/mol. The summed E-state index contributed by atoms with van der Waals surface area (Å²) in [6.07, 6.45) is -2.12. The number of nitrogens with one attached hydrogen (secondary N) is 13. The van der Waals surface area contributed by atoms with Gasteiger partial charge < -0.3 is 135 Å². The summed E-state index contributed by atoms with van der Waals surface area (Å²) >= 11 is 0. The molecule has 0 saturated carbocycles. The third-order valence-electron chi connectivity index (χ3n) is 18.4. The normalized spacial score (nSPS) is 21.9. The molecule has 0 aromatic heterocycles. The number of carbonyl (C=O) groups excluding carboxylic acids is 14. The zero-order chi connectivity index (χ0) is 88.3. The van der Waals surface area contributed by atoms with Crippen molar-refractivity contribution in [3.63, 3.8) is 0 Å². The molecule has 2 aromatic carbocycles. The number of nitrogens with zero attached hydrogens (tertiary/aromatic N) is 4. The Morgan fingerprint density at radius 3 is 1.55 bits per heavy atom. The molecule has 0 radical (unpaired) electrons. The third kappa shape index (κ3) is 36.7. The Bertz CT molecular complexity index is 3820. The van der Waals surface area contributed by atoms with Gasteiger partial charge in [0.2, 0.25) is 82.7 Å². The molecule has 1 aliphatic heterocycles. The van der Waals surface area contributed by atoms with Crippen LogP contribution in [0.25, 0.3) is 0 Å². The molecule has 14 amide bonds. The first-order valence-electron chi connectivity index (χ1n) is 37.9. The van der Waals surface area contributed by atoms with Crippen LogP contribution in [0.4, 0.5) is 0 Å². The molecule has 1 saturated heterocycles. The van der Waals surface area contributed by atoms with E-state index in [0.717, 1.165) is 26.5 Å². The molecule has 1 heterocycles. The van der Waals surface area contributed by atoms with E-state index in [1.807, 2.05) is 0 Å². The highest BCUT2D eigenvalue weighted by molar-refractivity contribution is 8.76. The number of aliphatic hydroxyl groups is 2. The Morgan fingerprint density at radius 2 is 1.03 bits per heavy atom. The first kappa shape index (κ1) is 101. The third-order valence-corrected chi connectivity index (χ3v) is 20.8. The molecule has 46 heteroatoms.